The Bertz CT molecular complexity index is 725. The number of amides is 1. The van der Waals surface area contributed by atoms with E-state index in [-0.39, 0.29) is 17.6 Å². The van der Waals surface area contributed by atoms with Crippen LogP contribution in [0.15, 0.2) is 54.6 Å². The Morgan fingerprint density at radius 1 is 1.15 bits per heavy atom. The largest absolute Gasteiger partial charge is 0.497 e. The third-order valence-corrected chi connectivity index (χ3v) is 4.98. The minimum Gasteiger partial charge on any atom is -0.497 e. The van der Waals surface area contributed by atoms with Crippen LogP contribution in [0.2, 0.25) is 0 Å². The topological polar surface area (TPSA) is 38.8 Å². The van der Waals surface area contributed by atoms with Gasteiger partial charge in [0.1, 0.15) is 11.9 Å². The zero-order chi connectivity index (χ0) is 18.6. The van der Waals surface area contributed by atoms with E-state index in [1.807, 2.05) is 47.4 Å². The van der Waals surface area contributed by atoms with Crippen molar-refractivity contribution in [2.45, 2.75) is 38.3 Å². The second-order valence-electron chi connectivity index (χ2n) is 7.38. The van der Waals surface area contributed by atoms with Crippen molar-refractivity contribution in [3.05, 3.63) is 65.7 Å². The molecule has 1 aliphatic rings. The molecule has 0 bridgehead atoms. The lowest BCUT2D eigenvalue weighted by atomic mass is 9.97. The first kappa shape index (κ1) is 18.5. The van der Waals surface area contributed by atoms with Gasteiger partial charge in [0.25, 0.3) is 0 Å². The maximum atomic E-state index is 12.9. The maximum absolute atomic E-state index is 12.9. The summed E-state index contributed by atoms with van der Waals surface area (Å²) in [5, 5.41) is 0. The fraction of sp³-hybridized carbons (Fsp3) is 0.409. The van der Waals surface area contributed by atoms with Crippen molar-refractivity contribution < 1.29 is 14.3 Å². The van der Waals surface area contributed by atoms with E-state index in [0.717, 1.165) is 23.3 Å². The SMILES string of the molecule is COc1ccc(CCC(=O)N2CC(c3ccccc3)OCC2(C)C)cc1. The van der Waals surface area contributed by atoms with Gasteiger partial charge in [-0.05, 0) is 43.5 Å². The molecular weight excluding hydrogens is 326 g/mol. The zero-order valence-corrected chi connectivity index (χ0v) is 15.8. The van der Waals surface area contributed by atoms with Gasteiger partial charge in [0.15, 0.2) is 0 Å². The molecule has 1 heterocycles. The highest BCUT2D eigenvalue weighted by Gasteiger charge is 2.38. The van der Waals surface area contributed by atoms with Crippen LogP contribution in [0.3, 0.4) is 0 Å². The molecule has 1 saturated heterocycles. The van der Waals surface area contributed by atoms with Crippen molar-refractivity contribution in [2.24, 2.45) is 0 Å². The van der Waals surface area contributed by atoms with Crippen molar-refractivity contribution >= 4 is 5.91 Å². The Labute approximate surface area is 155 Å². The molecule has 1 amide bonds. The average molecular weight is 353 g/mol. The predicted molar refractivity (Wildman–Crippen MR) is 102 cm³/mol. The van der Waals surface area contributed by atoms with E-state index in [9.17, 15) is 4.79 Å². The van der Waals surface area contributed by atoms with Crippen molar-refractivity contribution in [1.29, 1.82) is 0 Å². The van der Waals surface area contributed by atoms with Gasteiger partial charge in [-0.1, -0.05) is 42.5 Å². The number of rotatable bonds is 5. The number of carbonyl (C=O) groups is 1. The first-order chi connectivity index (χ1) is 12.5. The fourth-order valence-electron chi connectivity index (χ4n) is 3.34. The summed E-state index contributed by atoms with van der Waals surface area (Å²) in [6.07, 6.45) is 1.16. The molecule has 1 aliphatic heterocycles. The predicted octanol–water partition coefficient (Wildman–Crippen LogP) is 4.01. The van der Waals surface area contributed by atoms with Crippen LogP contribution in [-0.2, 0) is 16.0 Å². The monoisotopic (exact) mass is 353 g/mol. The lowest BCUT2D eigenvalue weighted by Crippen LogP contribution is -2.56. The van der Waals surface area contributed by atoms with Crippen LogP contribution in [0.1, 0.15) is 37.5 Å². The molecule has 2 aromatic carbocycles. The number of nitrogens with zero attached hydrogens (tertiary/aromatic N) is 1. The first-order valence-electron chi connectivity index (χ1n) is 9.09. The van der Waals surface area contributed by atoms with Gasteiger partial charge in [-0.3, -0.25) is 4.79 Å². The molecule has 0 radical (unpaired) electrons. The number of ether oxygens (including phenoxy) is 2. The van der Waals surface area contributed by atoms with Crippen molar-refractivity contribution in [3.8, 4) is 5.75 Å². The minimum absolute atomic E-state index is 0.0610. The van der Waals surface area contributed by atoms with Crippen LogP contribution in [0.4, 0.5) is 0 Å². The van der Waals surface area contributed by atoms with Gasteiger partial charge in [-0.15, -0.1) is 0 Å². The van der Waals surface area contributed by atoms with Crippen molar-refractivity contribution in [1.82, 2.24) is 4.90 Å². The molecule has 4 heteroatoms. The molecule has 1 atom stereocenters. The van der Waals surface area contributed by atoms with Gasteiger partial charge in [0.2, 0.25) is 5.91 Å². The Hall–Kier alpha value is -2.33. The number of methoxy groups -OCH3 is 1. The smallest absolute Gasteiger partial charge is 0.223 e. The van der Waals surface area contributed by atoms with Crippen LogP contribution < -0.4 is 4.74 Å². The highest BCUT2D eigenvalue weighted by molar-refractivity contribution is 5.77. The fourth-order valence-corrected chi connectivity index (χ4v) is 3.34. The highest BCUT2D eigenvalue weighted by Crippen LogP contribution is 2.31. The van der Waals surface area contributed by atoms with Gasteiger partial charge in [0.05, 0.1) is 25.8 Å². The lowest BCUT2D eigenvalue weighted by molar-refractivity contribution is -0.154. The first-order valence-corrected chi connectivity index (χ1v) is 9.09. The summed E-state index contributed by atoms with van der Waals surface area (Å²) in [6.45, 7) is 5.28. The molecule has 0 saturated carbocycles. The van der Waals surface area contributed by atoms with Crippen LogP contribution in [0.25, 0.3) is 0 Å². The number of benzene rings is 2. The summed E-state index contributed by atoms with van der Waals surface area (Å²) >= 11 is 0. The minimum atomic E-state index is -0.289. The molecule has 138 valence electrons. The van der Waals surface area contributed by atoms with E-state index in [1.54, 1.807) is 7.11 Å². The molecule has 26 heavy (non-hydrogen) atoms. The summed E-state index contributed by atoms with van der Waals surface area (Å²) in [5.74, 6) is 1.01. The number of aryl methyl sites for hydroxylation is 1. The van der Waals surface area contributed by atoms with Gasteiger partial charge in [-0.2, -0.15) is 0 Å². The molecule has 0 aliphatic carbocycles. The summed E-state index contributed by atoms with van der Waals surface area (Å²) in [7, 11) is 1.65. The Morgan fingerprint density at radius 3 is 2.50 bits per heavy atom. The molecule has 3 rings (SSSR count). The summed E-state index contributed by atoms with van der Waals surface area (Å²) < 4.78 is 11.2. The maximum Gasteiger partial charge on any atom is 0.223 e. The average Bonchev–Trinajstić information content (AvgIpc) is 2.67. The van der Waals surface area contributed by atoms with E-state index in [1.165, 1.54) is 0 Å². The number of carbonyl (C=O) groups excluding carboxylic acids is 1. The summed E-state index contributed by atoms with van der Waals surface area (Å²) in [5.41, 5.74) is 1.98. The number of hydrogen-bond acceptors (Lipinski definition) is 3. The normalized spacial score (nSPS) is 19.2. The van der Waals surface area contributed by atoms with Gasteiger partial charge >= 0.3 is 0 Å². The van der Waals surface area contributed by atoms with E-state index < -0.39 is 0 Å². The van der Waals surface area contributed by atoms with Crippen LogP contribution in [0, 0.1) is 0 Å². The molecule has 2 aromatic rings. The van der Waals surface area contributed by atoms with Crippen molar-refractivity contribution in [3.63, 3.8) is 0 Å². The van der Waals surface area contributed by atoms with E-state index in [4.69, 9.17) is 9.47 Å². The quantitative estimate of drug-likeness (QED) is 0.815. The number of morpholine rings is 1. The van der Waals surface area contributed by atoms with Crippen LogP contribution >= 0.6 is 0 Å². The molecule has 1 unspecified atom stereocenters. The lowest BCUT2D eigenvalue weighted by Gasteiger charge is -2.45. The molecule has 0 aromatic heterocycles. The third-order valence-electron chi connectivity index (χ3n) is 4.98. The van der Waals surface area contributed by atoms with Crippen LogP contribution in [-0.4, -0.2) is 36.6 Å². The van der Waals surface area contributed by atoms with E-state index in [2.05, 4.69) is 26.0 Å². The van der Waals surface area contributed by atoms with Crippen LogP contribution in [0.5, 0.6) is 5.75 Å². The molecule has 4 nitrogen and oxygen atoms in total. The third kappa shape index (κ3) is 4.25. The Kier molecular flexibility index (Phi) is 5.62. The molecule has 0 spiro atoms. The molecular formula is C22H27NO3. The van der Waals surface area contributed by atoms with Crippen molar-refractivity contribution in [2.75, 3.05) is 20.3 Å². The Morgan fingerprint density at radius 2 is 1.85 bits per heavy atom. The van der Waals surface area contributed by atoms with Gasteiger partial charge < -0.3 is 14.4 Å². The van der Waals surface area contributed by atoms with Gasteiger partial charge in [-0.25, -0.2) is 0 Å². The molecule has 0 N–H and O–H groups in total. The standard InChI is InChI=1S/C22H27NO3/c1-22(2)16-26-20(18-7-5-4-6-8-18)15-23(22)21(24)14-11-17-9-12-19(25-3)13-10-17/h4-10,12-13,20H,11,14-16H2,1-3H3. The van der Waals surface area contributed by atoms with Gasteiger partial charge in [0, 0.05) is 6.42 Å². The number of hydrogen-bond donors (Lipinski definition) is 0. The summed E-state index contributed by atoms with van der Waals surface area (Å²) in [4.78, 5) is 14.9. The second kappa shape index (κ2) is 7.92. The highest BCUT2D eigenvalue weighted by atomic mass is 16.5. The summed E-state index contributed by atoms with van der Waals surface area (Å²) in [6, 6.07) is 18.0. The Balaban J connectivity index is 1.65. The second-order valence-corrected chi connectivity index (χ2v) is 7.38. The van der Waals surface area contributed by atoms with E-state index in [0.29, 0.717) is 19.6 Å². The zero-order valence-electron chi connectivity index (χ0n) is 15.8. The molecule has 1 fully saturated rings. The van der Waals surface area contributed by atoms with E-state index >= 15 is 0 Å².